The zero-order chi connectivity index (χ0) is 15.4. The van der Waals surface area contributed by atoms with Crippen LogP contribution in [-0.2, 0) is 11.3 Å². The third-order valence-corrected chi connectivity index (χ3v) is 4.43. The van der Waals surface area contributed by atoms with Crippen molar-refractivity contribution in [1.29, 1.82) is 0 Å². The van der Waals surface area contributed by atoms with Crippen LogP contribution in [0.4, 0.5) is 5.95 Å². The number of nitrogens with zero attached hydrogens (tertiary/aromatic N) is 3. The fourth-order valence-electron chi connectivity index (χ4n) is 2.21. The topological polar surface area (TPSA) is 67.4 Å². The van der Waals surface area contributed by atoms with Crippen molar-refractivity contribution in [2.45, 2.75) is 13.5 Å². The maximum atomic E-state index is 12.0. The number of ether oxygens (including phenoxy) is 1. The van der Waals surface area contributed by atoms with Crippen molar-refractivity contribution in [2.75, 3.05) is 31.2 Å². The predicted octanol–water partition coefficient (Wildman–Crippen LogP) is 1.61. The fraction of sp³-hybridized carbons (Fsp3) is 0.400. The van der Waals surface area contributed by atoms with E-state index in [1.165, 1.54) is 11.3 Å². The first-order valence-corrected chi connectivity index (χ1v) is 8.08. The summed E-state index contributed by atoms with van der Waals surface area (Å²) in [6, 6.07) is 3.71. The van der Waals surface area contributed by atoms with Crippen LogP contribution in [0.1, 0.15) is 20.9 Å². The summed E-state index contributed by atoms with van der Waals surface area (Å²) in [4.78, 5) is 23.7. The summed E-state index contributed by atoms with van der Waals surface area (Å²) < 4.78 is 5.33. The van der Waals surface area contributed by atoms with Crippen LogP contribution in [0.2, 0.25) is 0 Å². The summed E-state index contributed by atoms with van der Waals surface area (Å²) >= 11 is 1.45. The summed E-state index contributed by atoms with van der Waals surface area (Å²) in [5, 5.41) is 4.87. The van der Waals surface area contributed by atoms with Crippen LogP contribution < -0.4 is 10.2 Å². The van der Waals surface area contributed by atoms with Crippen LogP contribution >= 0.6 is 11.3 Å². The van der Waals surface area contributed by atoms with Gasteiger partial charge in [0, 0.05) is 19.3 Å². The molecule has 22 heavy (non-hydrogen) atoms. The molecule has 6 nitrogen and oxygen atoms in total. The van der Waals surface area contributed by atoms with Gasteiger partial charge in [-0.15, -0.1) is 11.3 Å². The van der Waals surface area contributed by atoms with Gasteiger partial charge in [0.15, 0.2) is 0 Å². The van der Waals surface area contributed by atoms with E-state index in [0.29, 0.717) is 25.7 Å². The van der Waals surface area contributed by atoms with Crippen molar-refractivity contribution in [3.8, 4) is 0 Å². The molecule has 0 atom stereocenters. The number of amides is 1. The average molecular weight is 318 g/mol. The Morgan fingerprint density at radius 1 is 1.45 bits per heavy atom. The summed E-state index contributed by atoms with van der Waals surface area (Å²) in [6.45, 7) is 5.36. The number of aromatic nitrogens is 2. The lowest BCUT2D eigenvalue weighted by atomic mass is 10.3. The molecular weight excluding hydrogens is 300 g/mol. The third-order valence-electron chi connectivity index (χ3n) is 3.38. The number of carbonyl (C=O) groups excluding carboxylic acids is 1. The number of nitrogens with one attached hydrogen (secondary N) is 1. The van der Waals surface area contributed by atoms with Crippen LogP contribution in [0.15, 0.2) is 23.7 Å². The molecule has 1 amide bonds. The van der Waals surface area contributed by atoms with Crippen molar-refractivity contribution in [3.63, 3.8) is 0 Å². The molecule has 0 spiro atoms. The number of morpholine rings is 1. The number of anilines is 1. The molecule has 0 radical (unpaired) electrons. The number of hydrogen-bond donors (Lipinski definition) is 1. The summed E-state index contributed by atoms with van der Waals surface area (Å²) in [5.41, 5.74) is 1.91. The molecule has 1 saturated heterocycles. The lowest BCUT2D eigenvalue weighted by Crippen LogP contribution is -2.37. The Morgan fingerprint density at radius 3 is 3.00 bits per heavy atom. The largest absolute Gasteiger partial charge is 0.378 e. The van der Waals surface area contributed by atoms with E-state index in [9.17, 15) is 4.79 Å². The predicted molar refractivity (Wildman–Crippen MR) is 85.3 cm³/mol. The minimum absolute atomic E-state index is 0.0652. The Bertz CT molecular complexity index is 652. The van der Waals surface area contributed by atoms with Crippen LogP contribution in [0.25, 0.3) is 0 Å². The number of aryl methyl sites for hydroxylation is 1. The highest BCUT2D eigenvalue weighted by Gasteiger charge is 2.14. The van der Waals surface area contributed by atoms with E-state index in [1.54, 1.807) is 6.20 Å². The Hall–Kier alpha value is -1.99. The second-order valence-corrected chi connectivity index (χ2v) is 6.03. The normalized spacial score (nSPS) is 14.9. The highest BCUT2D eigenvalue weighted by molar-refractivity contribution is 7.12. The number of carbonyl (C=O) groups is 1. The Labute approximate surface area is 133 Å². The monoisotopic (exact) mass is 318 g/mol. The van der Waals surface area contributed by atoms with E-state index in [4.69, 9.17) is 4.74 Å². The van der Waals surface area contributed by atoms with E-state index in [-0.39, 0.29) is 5.91 Å². The highest BCUT2D eigenvalue weighted by Crippen LogP contribution is 2.14. The molecule has 1 fully saturated rings. The first-order valence-electron chi connectivity index (χ1n) is 7.20. The smallest absolute Gasteiger partial charge is 0.261 e. The quantitative estimate of drug-likeness (QED) is 0.928. The van der Waals surface area contributed by atoms with Crippen LogP contribution in [0.5, 0.6) is 0 Å². The Kier molecular flexibility index (Phi) is 4.65. The standard InChI is InChI=1S/C15H18N4O2S/c1-11-8-13(22-10-11)14(20)17-9-12-2-3-16-15(18-12)19-4-6-21-7-5-19/h2-3,8,10H,4-7,9H2,1H3,(H,17,20). The number of rotatable bonds is 4. The zero-order valence-corrected chi connectivity index (χ0v) is 13.2. The van der Waals surface area contributed by atoms with E-state index in [2.05, 4.69) is 20.2 Å². The van der Waals surface area contributed by atoms with Gasteiger partial charge in [0.2, 0.25) is 5.95 Å². The van der Waals surface area contributed by atoms with E-state index < -0.39 is 0 Å². The first kappa shape index (κ1) is 14.9. The van der Waals surface area contributed by atoms with E-state index in [1.807, 2.05) is 24.4 Å². The van der Waals surface area contributed by atoms with Crippen molar-refractivity contribution in [1.82, 2.24) is 15.3 Å². The van der Waals surface area contributed by atoms with Crippen molar-refractivity contribution in [2.24, 2.45) is 0 Å². The number of hydrogen-bond acceptors (Lipinski definition) is 6. The zero-order valence-electron chi connectivity index (χ0n) is 12.4. The van der Waals surface area contributed by atoms with Crippen molar-refractivity contribution in [3.05, 3.63) is 39.8 Å². The molecule has 3 heterocycles. The summed E-state index contributed by atoms with van der Waals surface area (Å²) in [5.74, 6) is 0.631. The molecule has 2 aromatic rings. The van der Waals surface area contributed by atoms with Crippen molar-refractivity contribution >= 4 is 23.2 Å². The minimum Gasteiger partial charge on any atom is -0.378 e. The van der Waals surface area contributed by atoms with Crippen molar-refractivity contribution < 1.29 is 9.53 Å². The van der Waals surface area contributed by atoms with Gasteiger partial charge >= 0.3 is 0 Å². The molecule has 1 N–H and O–H groups in total. The van der Waals surface area contributed by atoms with Gasteiger partial charge in [-0.05, 0) is 30.0 Å². The van der Waals surface area contributed by atoms with Crippen LogP contribution in [0, 0.1) is 6.92 Å². The molecule has 116 valence electrons. The molecule has 2 aromatic heterocycles. The second kappa shape index (κ2) is 6.85. The molecule has 1 aliphatic rings. The fourth-order valence-corrected chi connectivity index (χ4v) is 3.02. The second-order valence-electron chi connectivity index (χ2n) is 5.12. The molecule has 0 aromatic carbocycles. The summed E-state index contributed by atoms with van der Waals surface area (Å²) in [7, 11) is 0. The van der Waals surface area contributed by atoms with Gasteiger partial charge in [0.05, 0.1) is 30.3 Å². The van der Waals surface area contributed by atoms with Crippen LogP contribution in [-0.4, -0.2) is 42.2 Å². The average Bonchev–Trinajstić information content (AvgIpc) is 3.00. The number of thiophene rings is 1. The maximum absolute atomic E-state index is 12.0. The van der Waals surface area contributed by atoms with Gasteiger partial charge in [-0.1, -0.05) is 0 Å². The third kappa shape index (κ3) is 3.61. The van der Waals surface area contributed by atoms with Gasteiger partial charge in [0.1, 0.15) is 0 Å². The van der Waals surface area contributed by atoms with Crippen LogP contribution in [0.3, 0.4) is 0 Å². The molecule has 1 aliphatic heterocycles. The molecule has 7 heteroatoms. The van der Waals surface area contributed by atoms with Gasteiger partial charge in [-0.2, -0.15) is 0 Å². The lowest BCUT2D eigenvalue weighted by molar-refractivity contribution is 0.0954. The lowest BCUT2D eigenvalue weighted by Gasteiger charge is -2.26. The molecule has 0 unspecified atom stereocenters. The van der Waals surface area contributed by atoms with Gasteiger partial charge in [0.25, 0.3) is 5.91 Å². The Morgan fingerprint density at radius 2 is 2.27 bits per heavy atom. The summed E-state index contributed by atoms with van der Waals surface area (Å²) in [6.07, 6.45) is 1.73. The maximum Gasteiger partial charge on any atom is 0.261 e. The van der Waals surface area contributed by atoms with E-state index in [0.717, 1.165) is 29.2 Å². The van der Waals surface area contributed by atoms with Gasteiger partial charge in [-0.3, -0.25) is 4.79 Å². The van der Waals surface area contributed by atoms with Gasteiger partial charge < -0.3 is 15.0 Å². The Balaban J connectivity index is 1.61. The SMILES string of the molecule is Cc1csc(C(=O)NCc2ccnc(N3CCOCC3)n2)c1. The molecule has 3 rings (SSSR count). The minimum atomic E-state index is -0.0652. The molecule has 0 aliphatic carbocycles. The van der Waals surface area contributed by atoms with E-state index >= 15 is 0 Å². The molecule has 0 bridgehead atoms. The first-order chi connectivity index (χ1) is 10.7. The molecule has 0 saturated carbocycles. The van der Waals surface area contributed by atoms with Gasteiger partial charge in [-0.25, -0.2) is 9.97 Å². The molecular formula is C15H18N4O2S. The highest BCUT2D eigenvalue weighted by atomic mass is 32.1.